The van der Waals surface area contributed by atoms with E-state index >= 15 is 0 Å². The monoisotopic (exact) mass is 379 g/mol. The summed E-state index contributed by atoms with van der Waals surface area (Å²) in [6.45, 7) is 1.69. The molecule has 1 aliphatic rings. The average Bonchev–Trinajstić information content (AvgIpc) is 2.63. The summed E-state index contributed by atoms with van der Waals surface area (Å²) >= 11 is 0. The third-order valence-electron chi connectivity index (χ3n) is 4.88. The first-order chi connectivity index (χ1) is 12.8. The van der Waals surface area contributed by atoms with Crippen molar-refractivity contribution in [2.24, 2.45) is 0 Å². The molecule has 0 heterocycles. The summed E-state index contributed by atoms with van der Waals surface area (Å²) < 4.78 is 12.9. The van der Waals surface area contributed by atoms with Gasteiger partial charge in [-0.2, -0.15) is 0 Å². The minimum Gasteiger partial charge on any atom is -0.335 e. The lowest BCUT2D eigenvalue weighted by Crippen LogP contribution is -3.15. The van der Waals surface area contributed by atoms with Gasteiger partial charge in [-0.05, 0) is 44.0 Å². The Morgan fingerprint density at radius 3 is 2.41 bits per heavy atom. The van der Waals surface area contributed by atoms with E-state index in [-0.39, 0.29) is 24.3 Å². The summed E-state index contributed by atoms with van der Waals surface area (Å²) in [5, 5.41) is 7.84. The summed E-state index contributed by atoms with van der Waals surface area (Å²) in [5.74, 6) is -1.12. The number of halogens is 1. The van der Waals surface area contributed by atoms with Crippen LogP contribution in [0.4, 0.5) is 14.9 Å². The highest BCUT2D eigenvalue weighted by Gasteiger charge is 2.26. The number of benzene rings is 1. The van der Waals surface area contributed by atoms with Gasteiger partial charge >= 0.3 is 6.03 Å². The van der Waals surface area contributed by atoms with Crippen LogP contribution in [0.25, 0.3) is 0 Å². The molecular formula is C19H28FN4O3+. The Morgan fingerprint density at radius 1 is 1.15 bits per heavy atom. The second-order valence-corrected chi connectivity index (χ2v) is 7.10. The Hall–Kier alpha value is -2.48. The van der Waals surface area contributed by atoms with Crippen molar-refractivity contribution in [2.45, 2.75) is 51.1 Å². The smallest absolute Gasteiger partial charge is 0.321 e. The number of anilines is 1. The van der Waals surface area contributed by atoms with Crippen LogP contribution < -0.4 is 20.9 Å². The lowest BCUT2D eigenvalue weighted by atomic mass is 9.96. The SMILES string of the molecule is C[C@H](C(=O)NC(=O)NC1CCCCC1)[NH+](C)CC(=O)Nc1ccc(F)cc1. The van der Waals surface area contributed by atoms with E-state index in [1.807, 2.05) is 0 Å². The van der Waals surface area contributed by atoms with Gasteiger partial charge in [0.1, 0.15) is 5.82 Å². The second-order valence-electron chi connectivity index (χ2n) is 7.10. The van der Waals surface area contributed by atoms with E-state index in [4.69, 9.17) is 0 Å². The Kier molecular flexibility index (Phi) is 7.72. The molecule has 4 amide bonds. The normalized spacial score (nSPS) is 16.9. The highest BCUT2D eigenvalue weighted by Crippen LogP contribution is 2.17. The zero-order chi connectivity index (χ0) is 19.8. The van der Waals surface area contributed by atoms with Gasteiger partial charge in [0, 0.05) is 11.7 Å². The molecule has 0 aliphatic heterocycles. The van der Waals surface area contributed by atoms with Crippen LogP contribution in [0, 0.1) is 5.82 Å². The molecule has 148 valence electrons. The molecule has 0 saturated heterocycles. The molecule has 2 atom stereocenters. The van der Waals surface area contributed by atoms with Crippen LogP contribution in [-0.2, 0) is 9.59 Å². The summed E-state index contributed by atoms with van der Waals surface area (Å²) in [4.78, 5) is 36.9. The van der Waals surface area contributed by atoms with E-state index in [2.05, 4.69) is 16.0 Å². The van der Waals surface area contributed by atoms with Crippen molar-refractivity contribution in [3.8, 4) is 0 Å². The molecule has 0 spiro atoms. The predicted molar refractivity (Wildman–Crippen MR) is 99.8 cm³/mol. The minimum atomic E-state index is -0.582. The van der Waals surface area contributed by atoms with E-state index in [0.29, 0.717) is 10.6 Å². The van der Waals surface area contributed by atoms with Gasteiger partial charge in [-0.1, -0.05) is 19.3 Å². The molecule has 7 nitrogen and oxygen atoms in total. The lowest BCUT2D eigenvalue weighted by Gasteiger charge is -2.24. The Balaban J connectivity index is 1.76. The van der Waals surface area contributed by atoms with Gasteiger partial charge in [0.05, 0.1) is 7.05 Å². The van der Waals surface area contributed by atoms with Crippen LogP contribution in [0.15, 0.2) is 24.3 Å². The molecule has 1 saturated carbocycles. The third-order valence-corrected chi connectivity index (χ3v) is 4.88. The topological polar surface area (TPSA) is 91.7 Å². The van der Waals surface area contributed by atoms with E-state index in [1.165, 1.54) is 30.7 Å². The van der Waals surface area contributed by atoms with Gasteiger partial charge in [-0.25, -0.2) is 9.18 Å². The van der Waals surface area contributed by atoms with Crippen LogP contribution in [0.1, 0.15) is 39.0 Å². The zero-order valence-electron chi connectivity index (χ0n) is 15.8. The maximum atomic E-state index is 12.9. The van der Waals surface area contributed by atoms with Gasteiger partial charge in [0.25, 0.3) is 11.8 Å². The lowest BCUT2D eigenvalue weighted by molar-refractivity contribution is -0.885. The number of rotatable bonds is 6. The quantitative estimate of drug-likeness (QED) is 0.590. The van der Waals surface area contributed by atoms with Gasteiger partial charge in [-0.3, -0.25) is 14.9 Å². The zero-order valence-corrected chi connectivity index (χ0v) is 15.8. The van der Waals surface area contributed by atoms with E-state index in [0.717, 1.165) is 25.7 Å². The van der Waals surface area contributed by atoms with E-state index in [9.17, 15) is 18.8 Å². The number of hydrogen-bond donors (Lipinski definition) is 4. The first-order valence-corrected chi connectivity index (χ1v) is 9.34. The fourth-order valence-corrected chi connectivity index (χ4v) is 3.06. The number of carbonyl (C=O) groups excluding carboxylic acids is 3. The summed E-state index contributed by atoms with van der Waals surface area (Å²) in [5.41, 5.74) is 0.484. The van der Waals surface area contributed by atoms with Gasteiger partial charge in [0.2, 0.25) is 0 Å². The molecule has 0 bridgehead atoms. The number of hydrogen-bond acceptors (Lipinski definition) is 3. The van der Waals surface area contributed by atoms with Crippen molar-refractivity contribution in [1.82, 2.24) is 10.6 Å². The molecule has 27 heavy (non-hydrogen) atoms. The van der Waals surface area contributed by atoms with Crippen LogP contribution in [0.2, 0.25) is 0 Å². The fraction of sp³-hybridized carbons (Fsp3) is 0.526. The molecule has 1 unspecified atom stereocenters. The van der Waals surface area contributed by atoms with Crippen molar-refractivity contribution >= 4 is 23.5 Å². The van der Waals surface area contributed by atoms with E-state index < -0.39 is 18.0 Å². The molecule has 1 aromatic rings. The number of imide groups is 1. The number of likely N-dealkylation sites (N-methyl/N-ethyl adjacent to an activating group) is 1. The second kappa shape index (κ2) is 10.0. The third kappa shape index (κ3) is 6.97. The molecule has 4 N–H and O–H groups in total. The molecule has 1 fully saturated rings. The maximum Gasteiger partial charge on any atom is 0.321 e. The first-order valence-electron chi connectivity index (χ1n) is 9.34. The molecule has 1 aliphatic carbocycles. The highest BCUT2D eigenvalue weighted by molar-refractivity contribution is 5.96. The van der Waals surface area contributed by atoms with Crippen LogP contribution in [0.5, 0.6) is 0 Å². The fourth-order valence-electron chi connectivity index (χ4n) is 3.06. The number of carbonyl (C=O) groups is 3. The predicted octanol–water partition coefficient (Wildman–Crippen LogP) is 0.826. The molecule has 1 aromatic carbocycles. The van der Waals surface area contributed by atoms with Crippen molar-refractivity contribution in [3.05, 3.63) is 30.1 Å². The van der Waals surface area contributed by atoms with Gasteiger partial charge < -0.3 is 15.5 Å². The number of nitrogens with one attached hydrogen (secondary N) is 4. The van der Waals surface area contributed by atoms with Gasteiger partial charge in [-0.15, -0.1) is 0 Å². The first kappa shape index (κ1) is 20.8. The largest absolute Gasteiger partial charge is 0.335 e. The van der Waals surface area contributed by atoms with Gasteiger partial charge in [0.15, 0.2) is 12.6 Å². The average molecular weight is 379 g/mol. The molecule has 2 rings (SSSR count). The Bertz CT molecular complexity index is 659. The highest BCUT2D eigenvalue weighted by atomic mass is 19.1. The summed E-state index contributed by atoms with van der Waals surface area (Å²) in [6, 6.07) is 4.50. The molecule has 0 aromatic heterocycles. The van der Waals surface area contributed by atoms with Crippen molar-refractivity contribution in [3.63, 3.8) is 0 Å². The number of urea groups is 1. The molecule has 0 radical (unpaired) electrons. The van der Waals surface area contributed by atoms with Crippen LogP contribution in [-0.4, -0.2) is 43.5 Å². The standard InChI is InChI=1S/C19H27FN4O3/c1-13(18(26)23-19(27)22-15-6-4-3-5-7-15)24(2)12-17(25)21-16-10-8-14(20)9-11-16/h8-11,13,15H,3-7,12H2,1-2H3,(H,21,25)(H2,22,23,26,27)/p+1/t13-/m1/s1. The molecule has 8 heteroatoms. The number of quaternary nitrogens is 1. The van der Waals surface area contributed by atoms with Crippen LogP contribution >= 0.6 is 0 Å². The van der Waals surface area contributed by atoms with E-state index in [1.54, 1.807) is 14.0 Å². The Labute approximate surface area is 158 Å². The number of amides is 4. The minimum absolute atomic E-state index is 0.0379. The van der Waals surface area contributed by atoms with Crippen molar-refractivity contribution < 1.29 is 23.7 Å². The summed E-state index contributed by atoms with van der Waals surface area (Å²) in [6.07, 6.45) is 5.23. The van der Waals surface area contributed by atoms with Crippen molar-refractivity contribution in [1.29, 1.82) is 0 Å². The Morgan fingerprint density at radius 2 is 1.78 bits per heavy atom. The van der Waals surface area contributed by atoms with Crippen molar-refractivity contribution in [2.75, 3.05) is 18.9 Å². The summed E-state index contributed by atoms with van der Waals surface area (Å²) in [7, 11) is 1.70. The van der Waals surface area contributed by atoms with Crippen LogP contribution in [0.3, 0.4) is 0 Å². The molecular weight excluding hydrogens is 351 g/mol. The maximum absolute atomic E-state index is 12.9.